The third kappa shape index (κ3) is 7.25. The van der Waals surface area contributed by atoms with Crippen molar-refractivity contribution in [2.24, 2.45) is 0 Å². The number of nitrogens with zero attached hydrogens (tertiary/aromatic N) is 7. The van der Waals surface area contributed by atoms with Gasteiger partial charge in [0.15, 0.2) is 11.5 Å². The van der Waals surface area contributed by atoms with Crippen molar-refractivity contribution in [3.05, 3.63) is 89.4 Å². The summed E-state index contributed by atoms with van der Waals surface area (Å²) in [6.45, 7) is 1.76. The second-order valence-electron chi connectivity index (χ2n) is 15.2. The molecule has 1 atom stereocenters. The highest BCUT2D eigenvalue weighted by atomic mass is 19.1. The molecule has 2 saturated heterocycles. The number of unbranched alkanes of at least 4 members (excludes halogenated alkanes) is 1. The molecule has 59 heavy (non-hydrogen) atoms. The van der Waals surface area contributed by atoms with Crippen molar-refractivity contribution in [3.63, 3.8) is 0 Å². The van der Waals surface area contributed by atoms with E-state index in [2.05, 4.69) is 31.1 Å². The maximum absolute atomic E-state index is 15.6. The number of amides is 6. The maximum atomic E-state index is 15.6. The van der Waals surface area contributed by atoms with Crippen LogP contribution >= 0.6 is 0 Å². The predicted octanol–water partition coefficient (Wildman–Crippen LogP) is 3.85. The lowest BCUT2D eigenvalue weighted by molar-refractivity contribution is -0.136. The number of piperidine rings is 1. The number of aromatic amines is 1. The minimum Gasteiger partial charge on any atom is -0.384 e. The summed E-state index contributed by atoms with van der Waals surface area (Å²) in [5.74, 6) is -2.50. The molecule has 6 heterocycles. The fourth-order valence-electron chi connectivity index (χ4n) is 7.93. The van der Waals surface area contributed by atoms with Crippen LogP contribution in [0.15, 0.2) is 61.2 Å². The molecule has 302 valence electrons. The molecule has 5 aromatic rings. The number of piperazine rings is 1. The molecule has 1 unspecified atom stereocenters. The van der Waals surface area contributed by atoms with E-state index in [0.717, 1.165) is 34.7 Å². The van der Waals surface area contributed by atoms with Gasteiger partial charge < -0.3 is 20.4 Å². The number of carbonyl (C=O) groups is 6. The van der Waals surface area contributed by atoms with Crippen molar-refractivity contribution in [2.45, 2.75) is 56.9 Å². The van der Waals surface area contributed by atoms with E-state index in [0.29, 0.717) is 68.6 Å². The number of imidazole rings is 1. The average Bonchev–Trinajstić information content (AvgIpc) is 3.66. The van der Waals surface area contributed by atoms with Gasteiger partial charge in [0.2, 0.25) is 17.7 Å². The largest absolute Gasteiger partial charge is 0.384 e. The van der Waals surface area contributed by atoms with Crippen molar-refractivity contribution in [2.75, 3.05) is 43.4 Å². The Morgan fingerprint density at radius 2 is 1.73 bits per heavy atom. The van der Waals surface area contributed by atoms with Crippen LogP contribution < -0.4 is 16.0 Å². The molecule has 3 aliphatic heterocycles. The van der Waals surface area contributed by atoms with Crippen LogP contribution in [0.3, 0.4) is 0 Å². The number of H-pyrrole nitrogens is 1. The monoisotopic (exact) mass is 801 g/mol. The Morgan fingerprint density at radius 1 is 0.915 bits per heavy atom. The Hall–Kier alpha value is -6.98. The van der Waals surface area contributed by atoms with Gasteiger partial charge in [-0.2, -0.15) is 5.10 Å². The number of imide groups is 2. The summed E-state index contributed by atoms with van der Waals surface area (Å²) in [6.07, 6.45) is 10.8. The second kappa shape index (κ2) is 15.4. The number of hydrogen-bond donors (Lipinski definition) is 4. The number of hydrogen-bond acceptors (Lipinski definition) is 11. The van der Waals surface area contributed by atoms with Crippen LogP contribution in [-0.2, 0) is 14.4 Å². The highest BCUT2D eigenvalue weighted by molar-refractivity contribution is 6.25. The van der Waals surface area contributed by atoms with Gasteiger partial charge in [0.05, 0.1) is 40.6 Å². The van der Waals surface area contributed by atoms with Crippen LogP contribution in [0.2, 0.25) is 0 Å². The number of nitrogens with one attached hydrogen (secondary N) is 4. The molecule has 9 rings (SSSR count). The Morgan fingerprint density at radius 3 is 2.47 bits per heavy atom. The average molecular weight is 802 g/mol. The van der Waals surface area contributed by atoms with Gasteiger partial charge >= 0.3 is 0 Å². The summed E-state index contributed by atoms with van der Waals surface area (Å²) in [5.41, 5.74) is 4.30. The molecule has 6 amide bonds. The zero-order valence-corrected chi connectivity index (χ0v) is 31.9. The smallest absolute Gasteiger partial charge is 0.264 e. The zero-order valence-electron chi connectivity index (χ0n) is 31.9. The Kier molecular flexibility index (Phi) is 9.82. The molecule has 1 aliphatic carbocycles. The number of fused-ring (bicyclic) bond motifs is 2. The van der Waals surface area contributed by atoms with Crippen molar-refractivity contribution < 1.29 is 33.2 Å². The van der Waals surface area contributed by atoms with E-state index in [1.54, 1.807) is 46.6 Å². The third-order valence-electron chi connectivity index (χ3n) is 11.3. The molecule has 4 aliphatic rings. The van der Waals surface area contributed by atoms with Gasteiger partial charge in [-0.1, -0.05) is 6.07 Å². The van der Waals surface area contributed by atoms with Gasteiger partial charge in [-0.25, -0.2) is 14.4 Å². The summed E-state index contributed by atoms with van der Waals surface area (Å²) in [5, 5.41) is 15.4. The first-order valence-corrected chi connectivity index (χ1v) is 19.7. The van der Waals surface area contributed by atoms with Crippen molar-refractivity contribution >= 4 is 58.3 Å². The fourth-order valence-corrected chi connectivity index (χ4v) is 7.93. The standard InChI is InChI=1S/C41H40FN11O6/c42-27-18-24(9-10-28(27)47-36-37-44-21-32(25-19-45-46-20-25)52(37)22-30(48-36)23-7-8-23)39(57)51-16-14-50(15-17-51)34(55)6-1-2-13-43-29-5-3-4-26-35(29)41(59)53(40(26)58)31-11-12-33(54)49-38(31)56/h3-5,9-10,18-23,31,43H,1-2,6-8,11-17H2,(H,45,46)(H,47,48)(H,49,54,56). The minimum atomic E-state index is -1.05. The molecule has 18 heteroatoms. The van der Waals surface area contributed by atoms with Crippen LogP contribution in [0.1, 0.15) is 87.6 Å². The topological polar surface area (TPSA) is 207 Å². The lowest BCUT2D eigenvalue weighted by Gasteiger charge is -2.35. The van der Waals surface area contributed by atoms with E-state index in [9.17, 15) is 28.8 Å². The Balaban J connectivity index is 0.753. The zero-order chi connectivity index (χ0) is 40.8. The normalized spacial score (nSPS) is 18.1. The number of carbonyl (C=O) groups excluding carboxylic acids is 6. The summed E-state index contributed by atoms with van der Waals surface area (Å²) < 4.78 is 17.5. The molecule has 3 aromatic heterocycles. The first-order valence-electron chi connectivity index (χ1n) is 19.7. The van der Waals surface area contributed by atoms with E-state index < -0.39 is 35.5 Å². The van der Waals surface area contributed by atoms with Crippen molar-refractivity contribution in [1.29, 1.82) is 0 Å². The molecular weight excluding hydrogens is 762 g/mol. The number of benzene rings is 2. The summed E-state index contributed by atoms with van der Waals surface area (Å²) in [7, 11) is 0. The van der Waals surface area contributed by atoms with Gasteiger partial charge in [0, 0.05) is 80.7 Å². The van der Waals surface area contributed by atoms with Crippen LogP contribution in [0.4, 0.5) is 21.6 Å². The molecule has 0 spiro atoms. The molecule has 4 N–H and O–H groups in total. The van der Waals surface area contributed by atoms with E-state index in [1.807, 2.05) is 10.6 Å². The summed E-state index contributed by atoms with van der Waals surface area (Å²) >= 11 is 0. The van der Waals surface area contributed by atoms with Gasteiger partial charge in [0.1, 0.15) is 11.9 Å². The molecule has 0 bridgehead atoms. The molecule has 3 fully saturated rings. The van der Waals surface area contributed by atoms with Crippen LogP contribution in [0, 0.1) is 5.82 Å². The lowest BCUT2D eigenvalue weighted by atomic mass is 10.0. The highest BCUT2D eigenvalue weighted by Gasteiger charge is 2.45. The highest BCUT2D eigenvalue weighted by Crippen LogP contribution is 2.41. The minimum absolute atomic E-state index is 0.0390. The molecule has 0 radical (unpaired) electrons. The van der Waals surface area contributed by atoms with Gasteiger partial charge in [-0.05, 0) is 62.4 Å². The summed E-state index contributed by atoms with van der Waals surface area (Å²) in [4.78, 5) is 90.6. The molecular formula is C41H40FN11O6. The van der Waals surface area contributed by atoms with Crippen LogP contribution in [0.5, 0.6) is 0 Å². The molecule has 17 nitrogen and oxygen atoms in total. The van der Waals surface area contributed by atoms with E-state index >= 15 is 4.39 Å². The van der Waals surface area contributed by atoms with Gasteiger partial charge in [-0.3, -0.25) is 48.5 Å². The van der Waals surface area contributed by atoms with Crippen LogP contribution in [-0.4, -0.2) is 113 Å². The lowest BCUT2D eigenvalue weighted by Crippen LogP contribution is -2.54. The maximum Gasteiger partial charge on any atom is 0.264 e. The van der Waals surface area contributed by atoms with E-state index in [4.69, 9.17) is 4.98 Å². The quantitative estimate of drug-likeness (QED) is 0.105. The number of rotatable bonds is 12. The first kappa shape index (κ1) is 37.6. The van der Waals surface area contributed by atoms with Crippen molar-refractivity contribution in [3.8, 4) is 11.3 Å². The third-order valence-corrected chi connectivity index (χ3v) is 11.3. The van der Waals surface area contributed by atoms with Gasteiger partial charge in [0.25, 0.3) is 17.7 Å². The Bertz CT molecular complexity index is 2530. The predicted molar refractivity (Wildman–Crippen MR) is 210 cm³/mol. The number of anilines is 3. The first-order chi connectivity index (χ1) is 28.6. The van der Waals surface area contributed by atoms with Crippen LogP contribution in [0.25, 0.3) is 16.9 Å². The molecule has 2 aromatic carbocycles. The molecule has 1 saturated carbocycles. The SMILES string of the molecule is O=C1CCC(N2C(=O)c3cccc(NCCCCC(=O)N4CCN(C(=O)c5ccc(Nc6nc(C7CC7)cn7c(-c8cn[nH]c8)cnc67)c(F)c5)CC4)c3C2=O)C(=O)N1. The number of aromatic nitrogens is 5. The second-order valence-corrected chi connectivity index (χ2v) is 15.2. The Labute approximate surface area is 336 Å². The van der Waals surface area contributed by atoms with E-state index in [1.165, 1.54) is 18.2 Å². The van der Waals surface area contributed by atoms with E-state index in [-0.39, 0.29) is 53.5 Å². The fraction of sp³-hybridized carbons (Fsp3) is 0.341. The number of halogens is 1. The van der Waals surface area contributed by atoms with Gasteiger partial charge in [-0.15, -0.1) is 0 Å². The summed E-state index contributed by atoms with van der Waals surface area (Å²) in [6, 6.07) is 8.15. The van der Waals surface area contributed by atoms with Crippen molar-refractivity contribution in [1.82, 2.24) is 44.6 Å².